The number of carboxylic acid groups (broad SMARTS) is 1. The number of carboxylic acids is 1. The lowest BCUT2D eigenvalue weighted by Gasteiger charge is -1.88. The Morgan fingerprint density at radius 2 is 2.46 bits per heavy atom. The number of aromatic carboxylic acids is 1. The average molecular weight is 197 g/mol. The summed E-state index contributed by atoms with van der Waals surface area (Å²) in [5, 5.41) is 12.1. The lowest BCUT2D eigenvalue weighted by atomic mass is 10.4. The third kappa shape index (κ3) is 1.29. The molecule has 2 aromatic rings. The number of rotatable bonds is 2. The fraction of sp³-hybridized carbons (Fsp3) is 0. The van der Waals surface area contributed by atoms with E-state index in [2.05, 4.69) is 14.6 Å². The minimum Gasteiger partial charge on any atom is -0.476 e. The van der Waals surface area contributed by atoms with E-state index in [-0.39, 0.29) is 11.6 Å². The van der Waals surface area contributed by atoms with Gasteiger partial charge >= 0.3 is 5.97 Å². The molecule has 0 aliphatic heterocycles. The zero-order valence-corrected chi connectivity index (χ0v) is 6.98. The second-order valence-corrected chi connectivity index (χ2v) is 2.85. The van der Waals surface area contributed by atoms with E-state index in [0.29, 0.717) is 4.88 Å². The molecule has 7 heteroatoms. The monoisotopic (exact) mass is 197 g/mol. The second kappa shape index (κ2) is 2.94. The molecule has 0 saturated carbocycles. The molecule has 66 valence electrons. The zero-order chi connectivity index (χ0) is 9.26. The first kappa shape index (κ1) is 7.87. The Hall–Kier alpha value is -1.76. The molecule has 0 saturated heterocycles. The smallest absolute Gasteiger partial charge is 0.358 e. The van der Waals surface area contributed by atoms with Gasteiger partial charge < -0.3 is 9.52 Å². The summed E-state index contributed by atoms with van der Waals surface area (Å²) in [5.41, 5.74) is -0.132. The third-order valence-electron chi connectivity index (χ3n) is 1.32. The van der Waals surface area contributed by atoms with Crippen molar-refractivity contribution in [3.05, 3.63) is 18.2 Å². The highest BCUT2D eigenvalue weighted by Gasteiger charge is 2.19. The first-order chi connectivity index (χ1) is 6.29. The number of carbonyl (C=O) groups is 1. The Bertz CT molecular complexity index is 422. The van der Waals surface area contributed by atoms with E-state index < -0.39 is 5.97 Å². The fourth-order valence-corrected chi connectivity index (χ4v) is 1.40. The third-order valence-corrected chi connectivity index (χ3v) is 2.03. The van der Waals surface area contributed by atoms with E-state index in [9.17, 15) is 4.79 Å². The molecular formula is C6H3N3O3S. The molecule has 2 aromatic heterocycles. The van der Waals surface area contributed by atoms with Gasteiger partial charge in [-0.05, 0) is 11.5 Å². The standard InChI is InChI=1S/C6H3N3O3S/c10-6(11)3-4(13-9-8-3)5-7-1-2-12-5/h1-2H,(H,10,11). The van der Waals surface area contributed by atoms with Gasteiger partial charge in [-0.25, -0.2) is 9.78 Å². The summed E-state index contributed by atoms with van der Waals surface area (Å²) in [7, 11) is 0. The van der Waals surface area contributed by atoms with Gasteiger partial charge in [0, 0.05) is 0 Å². The molecule has 2 rings (SSSR count). The van der Waals surface area contributed by atoms with E-state index in [1.54, 1.807) is 0 Å². The molecule has 2 heterocycles. The predicted octanol–water partition coefficient (Wildman–Crippen LogP) is 0.891. The quantitative estimate of drug-likeness (QED) is 0.768. The largest absolute Gasteiger partial charge is 0.476 e. The Morgan fingerprint density at radius 3 is 3.08 bits per heavy atom. The van der Waals surface area contributed by atoms with Crippen molar-refractivity contribution in [1.29, 1.82) is 0 Å². The maximum atomic E-state index is 10.6. The molecule has 6 nitrogen and oxygen atoms in total. The normalized spacial score (nSPS) is 10.2. The van der Waals surface area contributed by atoms with Gasteiger partial charge in [-0.1, -0.05) is 4.49 Å². The molecule has 0 fully saturated rings. The van der Waals surface area contributed by atoms with Crippen LogP contribution in [0.4, 0.5) is 0 Å². The zero-order valence-electron chi connectivity index (χ0n) is 6.17. The predicted molar refractivity (Wildman–Crippen MR) is 42.4 cm³/mol. The topological polar surface area (TPSA) is 89.1 Å². The van der Waals surface area contributed by atoms with Crippen LogP contribution in [0.25, 0.3) is 10.8 Å². The minimum absolute atomic E-state index is 0.132. The van der Waals surface area contributed by atoms with Crippen molar-refractivity contribution in [2.24, 2.45) is 0 Å². The van der Waals surface area contributed by atoms with Gasteiger partial charge in [0.25, 0.3) is 0 Å². The van der Waals surface area contributed by atoms with E-state index >= 15 is 0 Å². The Balaban J connectivity index is 2.52. The summed E-state index contributed by atoms with van der Waals surface area (Å²) in [6.45, 7) is 0. The summed E-state index contributed by atoms with van der Waals surface area (Å²) in [6.07, 6.45) is 2.79. The van der Waals surface area contributed by atoms with E-state index in [1.807, 2.05) is 0 Å². The number of hydrogen-bond donors (Lipinski definition) is 1. The lowest BCUT2D eigenvalue weighted by Crippen LogP contribution is -1.98. The van der Waals surface area contributed by atoms with E-state index in [4.69, 9.17) is 9.52 Å². The number of oxazole rings is 1. The van der Waals surface area contributed by atoms with Crippen LogP contribution in [0.2, 0.25) is 0 Å². The molecule has 0 spiro atoms. The highest BCUT2D eigenvalue weighted by atomic mass is 32.1. The molecule has 0 atom stereocenters. The van der Waals surface area contributed by atoms with Gasteiger partial charge in [0.1, 0.15) is 11.1 Å². The first-order valence-corrected chi connectivity index (χ1v) is 4.02. The van der Waals surface area contributed by atoms with Crippen molar-refractivity contribution >= 4 is 17.5 Å². The van der Waals surface area contributed by atoms with Crippen LogP contribution in [0.3, 0.4) is 0 Å². The van der Waals surface area contributed by atoms with Gasteiger partial charge in [0.05, 0.1) is 6.20 Å². The number of hydrogen-bond acceptors (Lipinski definition) is 6. The highest BCUT2D eigenvalue weighted by molar-refractivity contribution is 7.09. The van der Waals surface area contributed by atoms with Crippen LogP contribution in [0, 0.1) is 0 Å². The molecule has 13 heavy (non-hydrogen) atoms. The van der Waals surface area contributed by atoms with Crippen LogP contribution >= 0.6 is 11.5 Å². The van der Waals surface area contributed by atoms with Crippen LogP contribution in [0.15, 0.2) is 16.9 Å². The number of aromatic nitrogens is 3. The average Bonchev–Trinajstić information content (AvgIpc) is 2.74. The van der Waals surface area contributed by atoms with E-state index in [0.717, 1.165) is 11.5 Å². The SMILES string of the molecule is O=C(O)c1nnsc1-c1ncco1. The molecule has 0 aliphatic carbocycles. The van der Waals surface area contributed by atoms with Crippen molar-refractivity contribution in [3.8, 4) is 10.8 Å². The maximum Gasteiger partial charge on any atom is 0.358 e. The first-order valence-electron chi connectivity index (χ1n) is 3.24. The molecule has 0 unspecified atom stereocenters. The van der Waals surface area contributed by atoms with Gasteiger partial charge in [-0.3, -0.25) is 0 Å². The fourth-order valence-electron chi connectivity index (χ4n) is 0.807. The van der Waals surface area contributed by atoms with Crippen LogP contribution in [0.5, 0.6) is 0 Å². The minimum atomic E-state index is -1.14. The molecule has 0 aliphatic rings. The molecule has 0 radical (unpaired) electrons. The summed E-state index contributed by atoms with van der Waals surface area (Å²) in [4.78, 5) is 14.7. The Morgan fingerprint density at radius 1 is 1.62 bits per heavy atom. The summed E-state index contributed by atoms with van der Waals surface area (Å²) in [5.74, 6) is -0.908. The molecule has 0 amide bonds. The van der Waals surface area contributed by atoms with Crippen molar-refractivity contribution in [1.82, 2.24) is 14.6 Å². The van der Waals surface area contributed by atoms with Crippen LogP contribution < -0.4 is 0 Å². The number of nitrogens with zero attached hydrogens (tertiary/aromatic N) is 3. The summed E-state index contributed by atoms with van der Waals surface area (Å²) < 4.78 is 8.43. The molecule has 1 N–H and O–H groups in total. The molecule has 0 bridgehead atoms. The van der Waals surface area contributed by atoms with E-state index in [1.165, 1.54) is 12.5 Å². The van der Waals surface area contributed by atoms with Gasteiger partial charge in [-0.2, -0.15) is 0 Å². The van der Waals surface area contributed by atoms with Crippen molar-refractivity contribution < 1.29 is 14.3 Å². The van der Waals surface area contributed by atoms with Crippen molar-refractivity contribution in [3.63, 3.8) is 0 Å². The lowest BCUT2D eigenvalue weighted by molar-refractivity contribution is 0.0691. The van der Waals surface area contributed by atoms with Crippen LogP contribution in [-0.4, -0.2) is 25.6 Å². The van der Waals surface area contributed by atoms with Crippen molar-refractivity contribution in [2.45, 2.75) is 0 Å². The summed E-state index contributed by atoms with van der Waals surface area (Å²) in [6, 6.07) is 0. The summed E-state index contributed by atoms with van der Waals surface area (Å²) >= 11 is 0.937. The highest BCUT2D eigenvalue weighted by Crippen LogP contribution is 2.23. The van der Waals surface area contributed by atoms with Crippen LogP contribution in [-0.2, 0) is 0 Å². The second-order valence-electron chi connectivity index (χ2n) is 2.09. The maximum absolute atomic E-state index is 10.6. The van der Waals surface area contributed by atoms with Gasteiger partial charge in [0.2, 0.25) is 5.89 Å². The van der Waals surface area contributed by atoms with Crippen LogP contribution in [0.1, 0.15) is 10.5 Å². The van der Waals surface area contributed by atoms with Crippen molar-refractivity contribution in [2.75, 3.05) is 0 Å². The Labute approximate surface area is 76.0 Å². The van der Waals surface area contributed by atoms with Gasteiger partial charge in [-0.15, -0.1) is 5.10 Å². The van der Waals surface area contributed by atoms with Gasteiger partial charge in [0.15, 0.2) is 5.69 Å². The molecular weight excluding hydrogens is 194 g/mol. The Kier molecular flexibility index (Phi) is 1.78. The molecule has 0 aromatic carbocycles.